The van der Waals surface area contributed by atoms with Crippen molar-refractivity contribution < 1.29 is 28.0 Å². The highest BCUT2D eigenvalue weighted by atomic mass is 35.5. The highest BCUT2D eigenvalue weighted by Crippen LogP contribution is 2.33. The zero-order chi connectivity index (χ0) is 22.5. The van der Waals surface area contributed by atoms with Crippen LogP contribution >= 0.6 is 11.6 Å². The molecule has 0 fully saturated rings. The van der Waals surface area contributed by atoms with Gasteiger partial charge in [-0.2, -0.15) is 5.10 Å². The Morgan fingerprint density at radius 1 is 1.03 bits per heavy atom. The lowest BCUT2D eigenvalue weighted by molar-refractivity contribution is -0.152. The summed E-state index contributed by atoms with van der Waals surface area (Å²) < 4.78 is 15.9. The molecule has 9 heteroatoms. The van der Waals surface area contributed by atoms with Gasteiger partial charge in [-0.1, -0.05) is 11.6 Å². The predicted molar refractivity (Wildman–Crippen MR) is 114 cm³/mol. The van der Waals surface area contributed by atoms with E-state index in [0.29, 0.717) is 34.2 Å². The molecule has 1 aromatic carbocycles. The molecule has 1 unspecified atom stereocenters. The van der Waals surface area contributed by atoms with E-state index in [9.17, 15) is 14.4 Å². The van der Waals surface area contributed by atoms with Gasteiger partial charge in [0.25, 0.3) is 5.91 Å². The molecule has 0 saturated heterocycles. The van der Waals surface area contributed by atoms with E-state index in [1.165, 1.54) is 17.5 Å². The number of ketones is 1. The first-order valence-electron chi connectivity index (χ1n) is 9.92. The summed E-state index contributed by atoms with van der Waals surface area (Å²) in [5, 5.41) is 6.12. The highest BCUT2D eigenvalue weighted by molar-refractivity contribution is 6.30. The molecular formula is C23H19ClN2O6. The summed E-state index contributed by atoms with van der Waals surface area (Å²) in [6.07, 6.45) is 3.26. The van der Waals surface area contributed by atoms with Crippen molar-refractivity contribution in [1.82, 2.24) is 5.01 Å². The maximum Gasteiger partial charge on any atom is 0.306 e. The van der Waals surface area contributed by atoms with E-state index in [4.69, 9.17) is 25.2 Å². The van der Waals surface area contributed by atoms with E-state index in [2.05, 4.69) is 5.10 Å². The number of carbonyl (C=O) groups excluding carboxylic acids is 3. The number of hydrogen-bond acceptors (Lipinski definition) is 7. The van der Waals surface area contributed by atoms with Crippen LogP contribution in [0.2, 0.25) is 5.02 Å². The van der Waals surface area contributed by atoms with Crippen LogP contribution in [0.3, 0.4) is 0 Å². The van der Waals surface area contributed by atoms with Gasteiger partial charge in [-0.3, -0.25) is 14.4 Å². The van der Waals surface area contributed by atoms with Gasteiger partial charge < -0.3 is 13.6 Å². The normalized spacial score (nSPS) is 15.5. The Morgan fingerprint density at radius 3 is 2.47 bits per heavy atom. The van der Waals surface area contributed by atoms with Crippen molar-refractivity contribution in [2.75, 3.05) is 6.61 Å². The van der Waals surface area contributed by atoms with Crippen LogP contribution in [0.5, 0.6) is 0 Å². The second-order valence-corrected chi connectivity index (χ2v) is 7.52. The van der Waals surface area contributed by atoms with Crippen LogP contribution in [0.15, 0.2) is 75.0 Å². The van der Waals surface area contributed by atoms with Crippen molar-refractivity contribution >= 4 is 35.0 Å². The van der Waals surface area contributed by atoms with Gasteiger partial charge in [0.05, 0.1) is 18.9 Å². The second-order valence-electron chi connectivity index (χ2n) is 7.09. The minimum absolute atomic E-state index is 0.0335. The molecule has 4 rings (SSSR count). The minimum Gasteiger partial charge on any atom is -0.467 e. The lowest BCUT2D eigenvalue weighted by atomic mass is 10.1. The Balaban J connectivity index is 1.33. The van der Waals surface area contributed by atoms with Gasteiger partial charge in [-0.15, -0.1) is 0 Å². The van der Waals surface area contributed by atoms with E-state index in [0.717, 1.165) is 0 Å². The van der Waals surface area contributed by atoms with Gasteiger partial charge in [-0.25, -0.2) is 5.01 Å². The van der Waals surface area contributed by atoms with Crippen LogP contribution in [0.1, 0.15) is 47.2 Å². The van der Waals surface area contributed by atoms with Gasteiger partial charge >= 0.3 is 5.97 Å². The first kappa shape index (κ1) is 21.6. The van der Waals surface area contributed by atoms with E-state index < -0.39 is 24.5 Å². The van der Waals surface area contributed by atoms with Crippen LogP contribution in [0.25, 0.3) is 0 Å². The Morgan fingerprint density at radius 2 is 1.78 bits per heavy atom. The van der Waals surface area contributed by atoms with Crippen molar-refractivity contribution in [3.63, 3.8) is 0 Å². The largest absolute Gasteiger partial charge is 0.467 e. The van der Waals surface area contributed by atoms with Crippen LogP contribution < -0.4 is 0 Å². The van der Waals surface area contributed by atoms with E-state index in [1.807, 2.05) is 0 Å². The molecule has 0 saturated carbocycles. The predicted octanol–water partition coefficient (Wildman–Crippen LogP) is 4.41. The summed E-state index contributed by atoms with van der Waals surface area (Å²) in [6, 6.07) is 12.9. The Labute approximate surface area is 188 Å². The Bertz CT molecular complexity index is 1120. The number of benzene rings is 1. The average Bonchev–Trinajstić information content (AvgIpc) is 3.56. The number of rotatable bonds is 8. The summed E-state index contributed by atoms with van der Waals surface area (Å²) in [5.41, 5.74) is 1.04. The summed E-state index contributed by atoms with van der Waals surface area (Å²) in [4.78, 5) is 37.0. The number of ether oxygens (including phenoxy) is 1. The molecule has 3 aromatic rings. The van der Waals surface area contributed by atoms with Crippen molar-refractivity contribution in [2.24, 2.45) is 5.10 Å². The molecule has 8 nitrogen and oxygen atoms in total. The van der Waals surface area contributed by atoms with Gasteiger partial charge in [0.1, 0.15) is 23.3 Å². The van der Waals surface area contributed by atoms with Gasteiger partial charge in [0.2, 0.25) is 0 Å². The van der Waals surface area contributed by atoms with E-state index >= 15 is 0 Å². The summed E-state index contributed by atoms with van der Waals surface area (Å²) in [6.45, 7) is -0.500. The Hall–Kier alpha value is -3.65. The number of carbonyl (C=O) groups is 3. The SMILES string of the molecule is O=C(CCC(=O)c1ccc(Cl)cc1)OCC(=O)N1N=C(c2ccco2)CC1c1ccco1. The molecule has 3 heterocycles. The van der Waals surface area contributed by atoms with E-state index in [1.54, 1.807) is 48.5 Å². The summed E-state index contributed by atoms with van der Waals surface area (Å²) in [5.74, 6) is -0.261. The number of esters is 1. The monoisotopic (exact) mass is 454 g/mol. The van der Waals surface area contributed by atoms with Crippen molar-refractivity contribution in [2.45, 2.75) is 25.3 Å². The van der Waals surface area contributed by atoms with Gasteiger partial charge in [0.15, 0.2) is 12.4 Å². The molecule has 0 aliphatic carbocycles. The third-order valence-electron chi connectivity index (χ3n) is 4.92. The zero-order valence-electron chi connectivity index (χ0n) is 16.9. The third kappa shape index (κ3) is 4.97. The number of nitrogens with zero attached hydrogens (tertiary/aromatic N) is 2. The average molecular weight is 455 g/mol. The number of amides is 1. The molecular weight excluding hydrogens is 436 g/mol. The molecule has 2 aromatic heterocycles. The summed E-state index contributed by atoms with van der Waals surface area (Å²) >= 11 is 5.81. The fourth-order valence-corrected chi connectivity index (χ4v) is 3.44. The van der Waals surface area contributed by atoms with Crippen molar-refractivity contribution in [3.8, 4) is 0 Å². The molecule has 1 aliphatic heterocycles. The number of halogens is 1. The molecule has 1 atom stereocenters. The zero-order valence-corrected chi connectivity index (χ0v) is 17.7. The van der Waals surface area contributed by atoms with Crippen LogP contribution in [-0.2, 0) is 14.3 Å². The van der Waals surface area contributed by atoms with Gasteiger partial charge in [-0.05, 0) is 48.5 Å². The van der Waals surface area contributed by atoms with Crippen LogP contribution in [-0.4, -0.2) is 35.0 Å². The fourth-order valence-electron chi connectivity index (χ4n) is 3.31. The van der Waals surface area contributed by atoms with Crippen LogP contribution in [0, 0.1) is 0 Å². The number of hydrogen-bond donors (Lipinski definition) is 0. The smallest absolute Gasteiger partial charge is 0.306 e. The maximum atomic E-state index is 12.8. The molecule has 0 bridgehead atoms. The quantitative estimate of drug-likeness (QED) is 0.369. The molecule has 1 amide bonds. The lowest BCUT2D eigenvalue weighted by Crippen LogP contribution is -2.31. The third-order valence-corrected chi connectivity index (χ3v) is 5.17. The molecule has 164 valence electrons. The number of furan rings is 2. The maximum absolute atomic E-state index is 12.8. The molecule has 32 heavy (non-hydrogen) atoms. The first-order valence-corrected chi connectivity index (χ1v) is 10.3. The van der Waals surface area contributed by atoms with Gasteiger partial charge in [0, 0.05) is 23.4 Å². The highest BCUT2D eigenvalue weighted by Gasteiger charge is 2.36. The second kappa shape index (κ2) is 9.65. The molecule has 0 N–H and O–H groups in total. The molecule has 1 aliphatic rings. The molecule has 0 spiro atoms. The Kier molecular flexibility index (Phi) is 6.51. The minimum atomic E-state index is -0.648. The standard InChI is InChI=1S/C23H19ClN2O6/c24-16-7-5-15(6-8-16)19(27)9-10-23(29)32-14-22(28)26-18(21-4-2-12-31-21)13-17(25-26)20-3-1-11-30-20/h1-8,11-12,18H,9-10,13-14H2. The topological polar surface area (TPSA) is 102 Å². The fraction of sp³-hybridized carbons (Fsp3) is 0.217. The van der Waals surface area contributed by atoms with E-state index in [-0.39, 0.29) is 18.6 Å². The number of hydrazone groups is 1. The van der Waals surface area contributed by atoms with Crippen molar-refractivity contribution in [1.29, 1.82) is 0 Å². The first-order chi connectivity index (χ1) is 15.5. The number of Topliss-reactive ketones (excluding diaryl/α,β-unsaturated/α-hetero) is 1. The summed E-state index contributed by atoms with van der Waals surface area (Å²) in [7, 11) is 0. The lowest BCUT2D eigenvalue weighted by Gasteiger charge is -2.19. The van der Waals surface area contributed by atoms with Crippen LogP contribution in [0.4, 0.5) is 0 Å². The molecule has 0 radical (unpaired) electrons. The van der Waals surface area contributed by atoms with Crippen molar-refractivity contribution in [3.05, 3.63) is 83.2 Å².